The molecule has 1 aromatic heterocycles. The molecule has 0 saturated carbocycles. The number of aromatic carboxylic acids is 1. The number of nitrogens with one attached hydrogen (secondary N) is 1. The fourth-order valence-corrected chi connectivity index (χ4v) is 1.99. The van der Waals surface area contributed by atoms with E-state index in [4.69, 9.17) is 28.3 Å². The smallest absolute Gasteiger partial charge is 0.337 e. The summed E-state index contributed by atoms with van der Waals surface area (Å²) in [5, 5.41) is 12.9. The minimum atomic E-state index is -1.03. The lowest BCUT2D eigenvalue weighted by Crippen LogP contribution is -2.03. The van der Waals surface area contributed by atoms with Crippen LogP contribution in [0.5, 0.6) is 0 Å². The lowest BCUT2D eigenvalue weighted by molar-refractivity contribution is 0.0698. The van der Waals surface area contributed by atoms with Crippen LogP contribution in [0.25, 0.3) is 0 Å². The Morgan fingerprint density at radius 1 is 1.22 bits per heavy atom. The van der Waals surface area contributed by atoms with E-state index in [1.807, 2.05) is 0 Å². The van der Waals surface area contributed by atoms with Gasteiger partial charge in [0.15, 0.2) is 0 Å². The molecule has 2 N–H and O–H groups in total. The van der Waals surface area contributed by atoms with Crippen molar-refractivity contribution < 1.29 is 9.90 Å². The van der Waals surface area contributed by atoms with Gasteiger partial charge in [0, 0.05) is 21.9 Å². The van der Waals surface area contributed by atoms with Gasteiger partial charge >= 0.3 is 5.97 Å². The number of hydrogen-bond donors (Lipinski definition) is 2. The SMILES string of the molecule is O=C(O)c1ccncc1Nc1cc(Cl)cc(Cl)c1. The summed E-state index contributed by atoms with van der Waals surface area (Å²) in [6.45, 7) is 0. The number of carboxylic acid groups (broad SMARTS) is 1. The van der Waals surface area contributed by atoms with Crippen molar-refractivity contribution in [3.8, 4) is 0 Å². The maximum Gasteiger partial charge on any atom is 0.337 e. The normalized spacial score (nSPS) is 10.1. The standard InChI is InChI=1S/C12H8Cl2N2O2/c13-7-3-8(14)5-9(4-7)16-11-6-15-2-1-10(11)12(17)18/h1-6,16H,(H,17,18). The molecule has 0 radical (unpaired) electrons. The molecule has 0 atom stereocenters. The molecule has 0 spiro atoms. The van der Waals surface area contributed by atoms with Crippen LogP contribution in [0.3, 0.4) is 0 Å². The Labute approximate surface area is 113 Å². The molecule has 4 nitrogen and oxygen atoms in total. The summed E-state index contributed by atoms with van der Waals surface area (Å²) in [6.07, 6.45) is 2.85. The van der Waals surface area contributed by atoms with E-state index in [-0.39, 0.29) is 5.56 Å². The highest BCUT2D eigenvalue weighted by atomic mass is 35.5. The van der Waals surface area contributed by atoms with Gasteiger partial charge in [0.2, 0.25) is 0 Å². The largest absolute Gasteiger partial charge is 0.478 e. The van der Waals surface area contributed by atoms with Gasteiger partial charge in [-0.15, -0.1) is 0 Å². The van der Waals surface area contributed by atoms with E-state index in [1.54, 1.807) is 18.2 Å². The van der Waals surface area contributed by atoms with Crippen molar-refractivity contribution in [2.24, 2.45) is 0 Å². The molecule has 0 aliphatic carbocycles. The summed E-state index contributed by atoms with van der Waals surface area (Å²) in [5.74, 6) is -1.03. The molecular formula is C12H8Cl2N2O2. The van der Waals surface area contributed by atoms with Gasteiger partial charge in [-0.2, -0.15) is 0 Å². The quantitative estimate of drug-likeness (QED) is 0.898. The van der Waals surface area contributed by atoms with Crippen LogP contribution in [0.15, 0.2) is 36.7 Å². The molecule has 0 saturated heterocycles. The van der Waals surface area contributed by atoms with Crippen LogP contribution in [0, 0.1) is 0 Å². The van der Waals surface area contributed by atoms with Crippen LogP contribution in [-0.2, 0) is 0 Å². The van der Waals surface area contributed by atoms with Gasteiger partial charge in [-0.3, -0.25) is 4.98 Å². The zero-order valence-corrected chi connectivity index (χ0v) is 10.5. The zero-order chi connectivity index (χ0) is 13.1. The van der Waals surface area contributed by atoms with Crippen LogP contribution < -0.4 is 5.32 Å². The summed E-state index contributed by atoms with van der Waals surface area (Å²) in [5.41, 5.74) is 1.10. The number of nitrogens with zero attached hydrogens (tertiary/aromatic N) is 1. The minimum Gasteiger partial charge on any atom is -0.478 e. The first-order chi connectivity index (χ1) is 8.56. The zero-order valence-electron chi connectivity index (χ0n) is 9.02. The number of halogens is 2. The maximum atomic E-state index is 11.0. The number of anilines is 2. The lowest BCUT2D eigenvalue weighted by atomic mass is 10.2. The topological polar surface area (TPSA) is 62.2 Å². The third kappa shape index (κ3) is 2.91. The van der Waals surface area contributed by atoms with Gasteiger partial charge in [-0.05, 0) is 24.3 Å². The van der Waals surface area contributed by atoms with Crippen molar-refractivity contribution in [2.45, 2.75) is 0 Å². The van der Waals surface area contributed by atoms with Crippen molar-refractivity contribution in [3.63, 3.8) is 0 Å². The predicted octanol–water partition coefficient (Wildman–Crippen LogP) is 3.83. The highest BCUT2D eigenvalue weighted by molar-refractivity contribution is 6.35. The Hall–Kier alpha value is -1.78. The fourth-order valence-electron chi connectivity index (χ4n) is 1.46. The number of aromatic nitrogens is 1. The summed E-state index contributed by atoms with van der Waals surface area (Å²) in [7, 11) is 0. The molecule has 92 valence electrons. The van der Waals surface area contributed by atoms with Gasteiger partial charge < -0.3 is 10.4 Å². The second-order valence-corrected chi connectivity index (χ2v) is 4.38. The van der Waals surface area contributed by atoms with E-state index in [0.717, 1.165) is 0 Å². The van der Waals surface area contributed by atoms with E-state index >= 15 is 0 Å². The summed E-state index contributed by atoms with van der Waals surface area (Å²) in [4.78, 5) is 14.9. The van der Waals surface area contributed by atoms with Crippen molar-refractivity contribution >= 4 is 40.5 Å². The van der Waals surface area contributed by atoms with Crippen LogP contribution in [0.4, 0.5) is 11.4 Å². The molecule has 2 aromatic rings. The van der Waals surface area contributed by atoms with E-state index < -0.39 is 5.97 Å². The van der Waals surface area contributed by atoms with E-state index in [1.165, 1.54) is 18.5 Å². The third-order valence-corrected chi connectivity index (χ3v) is 2.63. The molecule has 0 unspecified atom stereocenters. The number of benzene rings is 1. The monoisotopic (exact) mass is 282 g/mol. The highest BCUT2D eigenvalue weighted by Gasteiger charge is 2.10. The van der Waals surface area contributed by atoms with Crippen LogP contribution >= 0.6 is 23.2 Å². The molecule has 0 aliphatic heterocycles. The number of carboxylic acids is 1. The van der Waals surface area contributed by atoms with Crippen molar-refractivity contribution in [3.05, 3.63) is 52.3 Å². The van der Waals surface area contributed by atoms with Gasteiger partial charge in [0.25, 0.3) is 0 Å². The second kappa shape index (κ2) is 5.25. The Morgan fingerprint density at radius 3 is 2.50 bits per heavy atom. The number of pyridine rings is 1. The Kier molecular flexibility index (Phi) is 3.69. The van der Waals surface area contributed by atoms with Crippen LogP contribution in [0.1, 0.15) is 10.4 Å². The molecule has 1 aromatic carbocycles. The number of carbonyl (C=O) groups is 1. The fraction of sp³-hybridized carbons (Fsp3) is 0. The third-order valence-electron chi connectivity index (χ3n) is 2.19. The molecule has 1 heterocycles. The minimum absolute atomic E-state index is 0.126. The average Bonchev–Trinajstić information content (AvgIpc) is 2.27. The van der Waals surface area contributed by atoms with Crippen LogP contribution in [0.2, 0.25) is 10.0 Å². The second-order valence-electron chi connectivity index (χ2n) is 3.51. The number of hydrogen-bond acceptors (Lipinski definition) is 3. The maximum absolute atomic E-state index is 11.0. The summed E-state index contributed by atoms with van der Waals surface area (Å²) >= 11 is 11.7. The van der Waals surface area contributed by atoms with Gasteiger partial charge in [0.05, 0.1) is 17.4 Å². The Bertz CT molecular complexity index is 582. The first-order valence-electron chi connectivity index (χ1n) is 4.96. The molecule has 6 heteroatoms. The average molecular weight is 283 g/mol. The van der Waals surface area contributed by atoms with Gasteiger partial charge in [-0.1, -0.05) is 23.2 Å². The predicted molar refractivity (Wildman–Crippen MR) is 70.9 cm³/mol. The van der Waals surface area contributed by atoms with Gasteiger partial charge in [0.1, 0.15) is 0 Å². The van der Waals surface area contributed by atoms with Crippen LogP contribution in [-0.4, -0.2) is 16.1 Å². The van der Waals surface area contributed by atoms with Gasteiger partial charge in [-0.25, -0.2) is 4.79 Å². The lowest BCUT2D eigenvalue weighted by Gasteiger charge is -2.09. The van der Waals surface area contributed by atoms with E-state index in [0.29, 0.717) is 21.4 Å². The highest BCUT2D eigenvalue weighted by Crippen LogP contribution is 2.26. The first-order valence-corrected chi connectivity index (χ1v) is 5.72. The van der Waals surface area contributed by atoms with Crippen molar-refractivity contribution in [1.29, 1.82) is 0 Å². The molecule has 0 fully saturated rings. The Morgan fingerprint density at radius 2 is 1.89 bits per heavy atom. The Balaban J connectivity index is 2.37. The molecular weight excluding hydrogens is 275 g/mol. The molecule has 0 aliphatic rings. The molecule has 18 heavy (non-hydrogen) atoms. The first kappa shape index (κ1) is 12.7. The molecule has 0 amide bonds. The summed E-state index contributed by atoms with van der Waals surface area (Å²) in [6, 6.07) is 6.30. The molecule has 0 bridgehead atoms. The van der Waals surface area contributed by atoms with E-state index in [2.05, 4.69) is 10.3 Å². The van der Waals surface area contributed by atoms with Crippen molar-refractivity contribution in [1.82, 2.24) is 4.98 Å². The molecule has 2 rings (SSSR count). The van der Waals surface area contributed by atoms with E-state index in [9.17, 15) is 4.79 Å². The number of rotatable bonds is 3. The summed E-state index contributed by atoms with van der Waals surface area (Å²) < 4.78 is 0. The van der Waals surface area contributed by atoms with Crippen molar-refractivity contribution in [2.75, 3.05) is 5.32 Å².